The Hall–Kier alpha value is -1.75. The van der Waals surface area contributed by atoms with Crippen molar-refractivity contribution in [1.29, 1.82) is 0 Å². The van der Waals surface area contributed by atoms with Crippen molar-refractivity contribution >= 4 is 23.3 Å². The molecule has 0 aliphatic heterocycles. The average molecular weight is 312 g/mol. The fourth-order valence-corrected chi connectivity index (χ4v) is 2.20. The van der Waals surface area contributed by atoms with E-state index in [9.17, 15) is 4.79 Å². The summed E-state index contributed by atoms with van der Waals surface area (Å²) in [5, 5.41) is 12.1. The van der Waals surface area contributed by atoms with Gasteiger partial charge in [0, 0.05) is 24.5 Å². The molecular weight excluding hydrogens is 290 g/mol. The van der Waals surface area contributed by atoms with Gasteiger partial charge >= 0.3 is 0 Å². The summed E-state index contributed by atoms with van der Waals surface area (Å²) in [6.07, 6.45) is 0.647. The molecule has 0 aromatic heterocycles. The van der Waals surface area contributed by atoms with Crippen LogP contribution in [0.25, 0.3) is 0 Å². The lowest BCUT2D eigenvalue weighted by Gasteiger charge is -2.24. The first-order valence-corrected chi connectivity index (χ1v) is 7.28. The molecule has 0 atom stereocenters. The van der Waals surface area contributed by atoms with Crippen molar-refractivity contribution in [2.24, 2.45) is 16.8 Å². The van der Waals surface area contributed by atoms with E-state index >= 15 is 0 Å². The second-order valence-electron chi connectivity index (χ2n) is 5.38. The van der Waals surface area contributed by atoms with Crippen molar-refractivity contribution < 1.29 is 10.0 Å². The van der Waals surface area contributed by atoms with Crippen molar-refractivity contribution in [2.75, 3.05) is 13.1 Å². The Morgan fingerprint density at radius 3 is 2.76 bits per heavy atom. The van der Waals surface area contributed by atoms with Crippen LogP contribution < -0.4 is 5.73 Å². The molecule has 6 heteroatoms. The summed E-state index contributed by atoms with van der Waals surface area (Å²) in [4.78, 5) is 14.1. The van der Waals surface area contributed by atoms with Gasteiger partial charge in [-0.25, -0.2) is 0 Å². The molecule has 0 spiro atoms. The molecule has 0 aliphatic rings. The second kappa shape index (κ2) is 8.52. The normalized spacial score (nSPS) is 11.7. The van der Waals surface area contributed by atoms with E-state index in [0.29, 0.717) is 36.9 Å². The smallest absolute Gasteiger partial charge is 0.227 e. The number of amides is 1. The van der Waals surface area contributed by atoms with Crippen LogP contribution in [0.3, 0.4) is 0 Å². The summed E-state index contributed by atoms with van der Waals surface area (Å²) in [6.45, 7) is 5.16. The number of hydrogen-bond acceptors (Lipinski definition) is 3. The van der Waals surface area contributed by atoms with E-state index in [0.717, 1.165) is 5.56 Å². The van der Waals surface area contributed by atoms with Crippen molar-refractivity contribution in [3.8, 4) is 0 Å². The predicted octanol–water partition coefficient (Wildman–Crippen LogP) is 2.50. The van der Waals surface area contributed by atoms with Gasteiger partial charge in [0.05, 0.1) is 6.42 Å². The molecule has 3 N–H and O–H groups in total. The second-order valence-corrected chi connectivity index (χ2v) is 5.82. The van der Waals surface area contributed by atoms with Gasteiger partial charge in [-0.1, -0.05) is 42.7 Å². The molecule has 0 heterocycles. The molecule has 1 aromatic carbocycles. The van der Waals surface area contributed by atoms with Crippen molar-refractivity contribution in [3.05, 3.63) is 34.9 Å². The number of hydrogen-bond donors (Lipinski definition) is 2. The molecule has 21 heavy (non-hydrogen) atoms. The third-order valence-electron chi connectivity index (χ3n) is 2.95. The zero-order valence-electron chi connectivity index (χ0n) is 12.4. The topological polar surface area (TPSA) is 78.9 Å². The fourth-order valence-electron chi connectivity index (χ4n) is 1.99. The number of amidine groups is 1. The molecule has 5 nitrogen and oxygen atoms in total. The molecule has 0 saturated heterocycles. The molecule has 116 valence electrons. The maximum atomic E-state index is 12.4. The van der Waals surface area contributed by atoms with E-state index in [4.69, 9.17) is 22.5 Å². The van der Waals surface area contributed by atoms with E-state index < -0.39 is 0 Å². The number of nitrogens with zero attached hydrogens (tertiary/aromatic N) is 2. The molecule has 0 saturated carbocycles. The highest BCUT2D eigenvalue weighted by Gasteiger charge is 2.16. The van der Waals surface area contributed by atoms with E-state index in [1.165, 1.54) is 0 Å². The average Bonchev–Trinajstić information content (AvgIpc) is 2.42. The molecule has 0 bridgehead atoms. The zero-order chi connectivity index (χ0) is 15.8. The molecule has 0 unspecified atom stereocenters. The number of halogens is 1. The largest absolute Gasteiger partial charge is 0.409 e. The Morgan fingerprint density at radius 2 is 2.19 bits per heavy atom. The van der Waals surface area contributed by atoms with Crippen LogP contribution in [0.4, 0.5) is 0 Å². The van der Waals surface area contributed by atoms with E-state index in [2.05, 4.69) is 5.16 Å². The number of nitrogens with two attached hydrogens (primary N) is 1. The Kier molecular flexibility index (Phi) is 7.02. The van der Waals surface area contributed by atoms with E-state index in [-0.39, 0.29) is 11.7 Å². The van der Waals surface area contributed by atoms with Gasteiger partial charge in [0.1, 0.15) is 5.84 Å². The third-order valence-corrected chi connectivity index (χ3v) is 3.18. The molecule has 1 aromatic rings. The number of carbonyl (C=O) groups excluding carboxylic acids is 1. The number of benzene rings is 1. The van der Waals surface area contributed by atoms with Gasteiger partial charge in [-0.05, 0) is 23.6 Å². The standard InChI is InChI=1S/C15H22ClN3O2/c1-11(2)10-19(7-6-14(17)18-21)15(20)9-12-4-3-5-13(16)8-12/h3-5,8,11,21H,6-7,9-10H2,1-2H3,(H2,17,18). The molecule has 1 amide bonds. The van der Waals surface area contributed by atoms with Gasteiger partial charge in [0.15, 0.2) is 0 Å². The summed E-state index contributed by atoms with van der Waals surface area (Å²) in [5.41, 5.74) is 6.35. The van der Waals surface area contributed by atoms with Gasteiger partial charge in [0.2, 0.25) is 5.91 Å². The minimum Gasteiger partial charge on any atom is -0.409 e. The Bertz CT molecular complexity index is 503. The zero-order valence-corrected chi connectivity index (χ0v) is 13.2. The summed E-state index contributed by atoms with van der Waals surface area (Å²) in [6, 6.07) is 7.27. The summed E-state index contributed by atoms with van der Waals surface area (Å²) in [5.74, 6) is 0.483. The van der Waals surface area contributed by atoms with Crippen LogP contribution in [0.15, 0.2) is 29.4 Å². The maximum Gasteiger partial charge on any atom is 0.227 e. The fraction of sp³-hybridized carbons (Fsp3) is 0.467. The van der Waals surface area contributed by atoms with Gasteiger partial charge in [-0.15, -0.1) is 0 Å². The number of carbonyl (C=O) groups is 1. The lowest BCUT2D eigenvalue weighted by atomic mass is 10.1. The number of oxime groups is 1. The van der Waals surface area contributed by atoms with Gasteiger partial charge < -0.3 is 15.8 Å². The summed E-state index contributed by atoms with van der Waals surface area (Å²) < 4.78 is 0. The maximum absolute atomic E-state index is 12.4. The quantitative estimate of drug-likeness (QED) is 0.351. The van der Waals surface area contributed by atoms with Gasteiger partial charge in [-0.3, -0.25) is 4.79 Å². The Morgan fingerprint density at radius 1 is 1.48 bits per heavy atom. The Labute approximate surface area is 130 Å². The SMILES string of the molecule is CC(C)CN(CCC(N)=NO)C(=O)Cc1cccc(Cl)c1. The van der Waals surface area contributed by atoms with E-state index in [1.54, 1.807) is 17.0 Å². The minimum absolute atomic E-state index is 0.0108. The first-order chi connectivity index (χ1) is 9.92. The minimum atomic E-state index is 0.0108. The summed E-state index contributed by atoms with van der Waals surface area (Å²) in [7, 11) is 0. The first kappa shape index (κ1) is 17.3. The van der Waals surface area contributed by atoms with Crippen molar-refractivity contribution in [3.63, 3.8) is 0 Å². The van der Waals surface area contributed by atoms with Crippen LogP contribution in [0, 0.1) is 5.92 Å². The number of rotatable bonds is 7. The molecule has 0 radical (unpaired) electrons. The molecule has 0 fully saturated rings. The lowest BCUT2D eigenvalue weighted by molar-refractivity contribution is -0.130. The van der Waals surface area contributed by atoms with E-state index in [1.807, 2.05) is 26.0 Å². The third kappa shape index (κ3) is 6.49. The predicted molar refractivity (Wildman–Crippen MR) is 84.6 cm³/mol. The first-order valence-electron chi connectivity index (χ1n) is 6.91. The van der Waals surface area contributed by atoms with Crippen LogP contribution in [0.5, 0.6) is 0 Å². The lowest BCUT2D eigenvalue weighted by Crippen LogP contribution is -2.37. The highest BCUT2D eigenvalue weighted by Crippen LogP contribution is 2.12. The highest BCUT2D eigenvalue weighted by molar-refractivity contribution is 6.30. The monoisotopic (exact) mass is 311 g/mol. The van der Waals surface area contributed by atoms with Crippen LogP contribution in [-0.2, 0) is 11.2 Å². The molecular formula is C15H22ClN3O2. The molecule has 0 aliphatic carbocycles. The van der Waals surface area contributed by atoms with Crippen LogP contribution >= 0.6 is 11.6 Å². The van der Waals surface area contributed by atoms with Crippen molar-refractivity contribution in [1.82, 2.24) is 4.90 Å². The van der Waals surface area contributed by atoms with Gasteiger partial charge in [0.25, 0.3) is 0 Å². The Balaban J connectivity index is 2.70. The van der Waals surface area contributed by atoms with Crippen LogP contribution in [-0.4, -0.2) is 34.9 Å². The van der Waals surface area contributed by atoms with Crippen LogP contribution in [0.1, 0.15) is 25.8 Å². The van der Waals surface area contributed by atoms with Crippen molar-refractivity contribution in [2.45, 2.75) is 26.7 Å². The van der Waals surface area contributed by atoms with Gasteiger partial charge in [-0.2, -0.15) is 0 Å². The highest BCUT2D eigenvalue weighted by atomic mass is 35.5. The molecule has 1 rings (SSSR count). The van der Waals surface area contributed by atoms with Crippen LogP contribution in [0.2, 0.25) is 5.02 Å². The summed E-state index contributed by atoms with van der Waals surface area (Å²) >= 11 is 5.93.